The molecule has 0 unspecified atom stereocenters. The molecule has 2 aromatic heterocycles. The molecule has 296 valence electrons. The molecule has 0 N–H and O–H groups in total. The fraction of sp³-hybridized carbons (Fsp3) is 0.0323. The predicted octanol–water partition coefficient (Wildman–Crippen LogP) is 15.2. The SMILES string of the molecule is c1ccc(-n2c3ccccc3c3ccc4c5ccccc5n(-c5cccc6c5-c5ccccc5C57c8ccccc8-c8ccccc8C65c5ccccc5-c5ccccc57)c4c32)cc1. The van der Waals surface area contributed by atoms with E-state index >= 15 is 0 Å². The molecule has 64 heavy (non-hydrogen) atoms. The van der Waals surface area contributed by atoms with E-state index in [1.54, 1.807) is 0 Å². The van der Waals surface area contributed by atoms with E-state index in [2.05, 4.69) is 240 Å². The van der Waals surface area contributed by atoms with Gasteiger partial charge in [0.25, 0.3) is 0 Å². The molecule has 0 fully saturated rings. The van der Waals surface area contributed by atoms with Gasteiger partial charge in [0.2, 0.25) is 0 Å². The fourth-order valence-corrected chi connectivity index (χ4v) is 13.2. The highest BCUT2D eigenvalue weighted by Crippen LogP contribution is 2.73. The summed E-state index contributed by atoms with van der Waals surface area (Å²) in [6, 6.07) is 87.4. The lowest BCUT2D eigenvalue weighted by molar-refractivity contribution is 0.405. The van der Waals surface area contributed by atoms with Crippen LogP contribution in [-0.2, 0) is 10.8 Å². The molecule has 10 aromatic carbocycles. The fourth-order valence-electron chi connectivity index (χ4n) is 13.2. The van der Waals surface area contributed by atoms with Gasteiger partial charge in [-0.15, -0.1) is 0 Å². The molecule has 0 radical (unpaired) electrons. The summed E-state index contributed by atoms with van der Waals surface area (Å²) in [5.74, 6) is 0. The van der Waals surface area contributed by atoms with Gasteiger partial charge in [-0.1, -0.05) is 200 Å². The van der Waals surface area contributed by atoms with Crippen LogP contribution in [0.3, 0.4) is 0 Å². The number of hydrogen-bond donors (Lipinski definition) is 0. The zero-order chi connectivity index (χ0) is 41.7. The molecule has 0 spiro atoms. The van der Waals surface area contributed by atoms with Gasteiger partial charge in [0.15, 0.2) is 0 Å². The number of nitrogens with zero attached hydrogens (tertiary/aromatic N) is 2. The van der Waals surface area contributed by atoms with Crippen molar-refractivity contribution in [2.75, 3.05) is 0 Å². The highest BCUT2D eigenvalue weighted by molar-refractivity contribution is 6.24. The monoisotopic (exact) mass is 810 g/mol. The van der Waals surface area contributed by atoms with E-state index in [1.165, 1.54) is 116 Å². The van der Waals surface area contributed by atoms with Crippen LogP contribution < -0.4 is 0 Å². The van der Waals surface area contributed by atoms with Crippen molar-refractivity contribution in [3.8, 4) is 44.8 Å². The van der Waals surface area contributed by atoms with Crippen molar-refractivity contribution in [1.29, 1.82) is 0 Å². The summed E-state index contributed by atoms with van der Waals surface area (Å²) in [4.78, 5) is 0. The smallest absolute Gasteiger partial charge is 0.0789 e. The maximum Gasteiger partial charge on any atom is 0.0789 e. The molecule has 0 aliphatic heterocycles. The first-order valence-electron chi connectivity index (χ1n) is 22.4. The van der Waals surface area contributed by atoms with Gasteiger partial charge >= 0.3 is 0 Å². The van der Waals surface area contributed by atoms with Crippen LogP contribution in [0.25, 0.3) is 88.4 Å². The third kappa shape index (κ3) is 3.87. The molecule has 12 aromatic rings. The Morgan fingerprint density at radius 3 is 1.16 bits per heavy atom. The van der Waals surface area contributed by atoms with Gasteiger partial charge in [-0.3, -0.25) is 0 Å². The normalized spacial score (nSPS) is 17.5. The summed E-state index contributed by atoms with van der Waals surface area (Å²) in [5, 5.41) is 4.98. The van der Waals surface area contributed by atoms with Gasteiger partial charge < -0.3 is 9.13 Å². The Bertz CT molecular complexity index is 3880. The molecule has 0 bridgehead atoms. The van der Waals surface area contributed by atoms with Crippen LogP contribution >= 0.6 is 0 Å². The van der Waals surface area contributed by atoms with E-state index in [0.717, 1.165) is 5.69 Å². The second-order valence-electron chi connectivity index (χ2n) is 17.8. The average molecular weight is 811 g/mol. The summed E-state index contributed by atoms with van der Waals surface area (Å²) >= 11 is 0. The summed E-state index contributed by atoms with van der Waals surface area (Å²) in [7, 11) is 0. The first-order valence-corrected chi connectivity index (χ1v) is 22.4. The van der Waals surface area contributed by atoms with Crippen molar-refractivity contribution in [3.05, 3.63) is 264 Å². The van der Waals surface area contributed by atoms with Gasteiger partial charge in [-0.05, 0) is 91.5 Å². The van der Waals surface area contributed by atoms with Crippen molar-refractivity contribution >= 4 is 43.6 Å². The molecule has 0 amide bonds. The number of hydrogen-bond acceptors (Lipinski definition) is 0. The topological polar surface area (TPSA) is 9.86 Å². The second kappa shape index (κ2) is 12.2. The van der Waals surface area contributed by atoms with E-state index in [0.29, 0.717) is 0 Å². The van der Waals surface area contributed by atoms with Gasteiger partial charge in [-0.25, -0.2) is 0 Å². The minimum absolute atomic E-state index is 0.598. The zero-order valence-electron chi connectivity index (χ0n) is 34.8. The third-order valence-corrected chi connectivity index (χ3v) is 15.2. The third-order valence-electron chi connectivity index (χ3n) is 15.2. The highest BCUT2D eigenvalue weighted by Gasteiger charge is 2.67. The lowest BCUT2D eigenvalue weighted by atomic mass is 9.38. The van der Waals surface area contributed by atoms with Crippen molar-refractivity contribution in [2.45, 2.75) is 10.8 Å². The van der Waals surface area contributed by atoms with Crippen LogP contribution in [0.15, 0.2) is 231 Å². The minimum Gasteiger partial charge on any atom is -0.307 e. The lowest BCUT2D eigenvalue weighted by Gasteiger charge is -2.62. The first-order chi connectivity index (χ1) is 31.8. The van der Waals surface area contributed by atoms with Crippen LogP contribution in [0.2, 0.25) is 0 Å². The average Bonchev–Trinajstić information content (AvgIpc) is 3.89. The Hall–Kier alpha value is -8.20. The largest absolute Gasteiger partial charge is 0.307 e. The molecule has 2 heterocycles. The van der Waals surface area contributed by atoms with Crippen molar-refractivity contribution in [2.24, 2.45) is 0 Å². The lowest BCUT2D eigenvalue weighted by Crippen LogP contribution is -2.58. The van der Waals surface area contributed by atoms with Crippen molar-refractivity contribution < 1.29 is 0 Å². The van der Waals surface area contributed by atoms with Gasteiger partial charge in [0.05, 0.1) is 38.6 Å². The molecule has 2 heteroatoms. The number of rotatable bonds is 2. The Morgan fingerprint density at radius 2 is 0.625 bits per heavy atom. The molecule has 0 saturated heterocycles. The number of benzene rings is 10. The zero-order valence-corrected chi connectivity index (χ0v) is 34.8. The Morgan fingerprint density at radius 1 is 0.250 bits per heavy atom. The van der Waals surface area contributed by atoms with Crippen molar-refractivity contribution in [1.82, 2.24) is 9.13 Å². The summed E-state index contributed by atoms with van der Waals surface area (Å²) in [6.45, 7) is 0. The van der Waals surface area contributed by atoms with Crippen molar-refractivity contribution in [3.63, 3.8) is 0 Å². The summed E-state index contributed by atoms with van der Waals surface area (Å²) < 4.78 is 5.12. The summed E-state index contributed by atoms with van der Waals surface area (Å²) in [5.41, 5.74) is 21.7. The quantitative estimate of drug-likeness (QED) is 0.165. The molecule has 15 rings (SSSR count). The van der Waals surface area contributed by atoms with Gasteiger partial charge in [0.1, 0.15) is 0 Å². The molecule has 0 atom stereocenters. The Kier molecular flexibility index (Phi) is 6.58. The van der Waals surface area contributed by atoms with E-state index < -0.39 is 10.8 Å². The van der Waals surface area contributed by atoms with E-state index in [9.17, 15) is 0 Å². The number of fused-ring (bicyclic) bond motifs is 16. The first kappa shape index (κ1) is 34.4. The molecular formula is C62H38N2. The maximum atomic E-state index is 2.62. The van der Waals surface area contributed by atoms with Crippen LogP contribution in [0, 0.1) is 0 Å². The molecule has 3 aliphatic carbocycles. The van der Waals surface area contributed by atoms with E-state index in [-0.39, 0.29) is 0 Å². The van der Waals surface area contributed by atoms with Crippen LogP contribution in [-0.4, -0.2) is 9.13 Å². The Balaban J connectivity index is 1.19. The number of aromatic nitrogens is 2. The van der Waals surface area contributed by atoms with E-state index in [4.69, 9.17) is 0 Å². The van der Waals surface area contributed by atoms with Crippen LogP contribution in [0.4, 0.5) is 0 Å². The molecule has 2 nitrogen and oxygen atoms in total. The highest BCUT2D eigenvalue weighted by atomic mass is 15.0. The predicted molar refractivity (Wildman–Crippen MR) is 264 cm³/mol. The standard InChI is InChI=1S/C62H38N2/c1-2-19-39(20-3-1)63-55-34-16-9-25-44(55)46-37-38-47-45-26-10-17-35-56(45)64(60(47)59(46)63)57-36-18-33-54-58(57)48-27-8-15-32-53(48)61-49-28-11-4-21-40(49)42-23-6-13-30-51(42)62(54,61)52-31-14-7-24-43(52)41-22-5-12-29-50(41)61/h1-38H. The minimum atomic E-state index is -0.643. The van der Waals surface area contributed by atoms with Crippen LogP contribution in [0.1, 0.15) is 33.4 Å². The molecular weight excluding hydrogens is 773 g/mol. The maximum absolute atomic E-state index is 2.62. The Labute approximate surface area is 370 Å². The molecule has 3 aliphatic rings. The number of para-hydroxylation sites is 3. The van der Waals surface area contributed by atoms with Gasteiger partial charge in [0, 0.05) is 32.8 Å². The van der Waals surface area contributed by atoms with Crippen LogP contribution in [0.5, 0.6) is 0 Å². The molecule has 0 saturated carbocycles. The van der Waals surface area contributed by atoms with E-state index in [1.807, 2.05) is 0 Å². The van der Waals surface area contributed by atoms with Gasteiger partial charge in [-0.2, -0.15) is 0 Å². The second-order valence-corrected chi connectivity index (χ2v) is 17.8. The summed E-state index contributed by atoms with van der Waals surface area (Å²) in [6.07, 6.45) is 0.